The van der Waals surface area contributed by atoms with Crippen LogP contribution in [0.15, 0.2) is 50.5 Å². The molecule has 0 saturated carbocycles. The van der Waals surface area contributed by atoms with Crippen LogP contribution in [0, 0.1) is 12.7 Å². The standard InChI is InChI=1S/C15H10BrFN2O2/c1-8-11(16)3-2-4-13(8)19-14(20)10-6-5-9(17)7-12(10)18-15(19)21/h2-7H,1H3,(H,18,21). The van der Waals surface area contributed by atoms with Crippen molar-refractivity contribution in [3.05, 3.63) is 73.1 Å². The number of aromatic amines is 1. The van der Waals surface area contributed by atoms with E-state index >= 15 is 0 Å². The summed E-state index contributed by atoms with van der Waals surface area (Å²) in [6.07, 6.45) is 0. The topological polar surface area (TPSA) is 54.9 Å². The van der Waals surface area contributed by atoms with Gasteiger partial charge in [-0.05, 0) is 42.8 Å². The maximum atomic E-state index is 13.2. The third-order valence-corrected chi connectivity index (χ3v) is 4.20. The van der Waals surface area contributed by atoms with Gasteiger partial charge in [-0.25, -0.2) is 13.8 Å². The minimum atomic E-state index is -0.598. The molecule has 0 unspecified atom stereocenters. The molecule has 0 atom stereocenters. The number of H-pyrrole nitrogens is 1. The fourth-order valence-corrected chi connectivity index (χ4v) is 2.60. The van der Waals surface area contributed by atoms with Crippen LogP contribution in [0.2, 0.25) is 0 Å². The fourth-order valence-electron chi connectivity index (χ4n) is 2.25. The van der Waals surface area contributed by atoms with E-state index < -0.39 is 17.1 Å². The Morgan fingerprint density at radius 3 is 2.71 bits per heavy atom. The highest BCUT2D eigenvalue weighted by Gasteiger charge is 2.12. The number of hydrogen-bond acceptors (Lipinski definition) is 2. The van der Waals surface area contributed by atoms with E-state index in [1.165, 1.54) is 12.1 Å². The first-order valence-corrected chi connectivity index (χ1v) is 6.98. The van der Waals surface area contributed by atoms with Gasteiger partial charge in [0.05, 0.1) is 16.6 Å². The Balaban J connectivity index is 2.44. The molecule has 21 heavy (non-hydrogen) atoms. The maximum Gasteiger partial charge on any atom is 0.333 e. The van der Waals surface area contributed by atoms with Crippen LogP contribution in [0.5, 0.6) is 0 Å². The van der Waals surface area contributed by atoms with Crippen LogP contribution in [-0.2, 0) is 0 Å². The smallest absolute Gasteiger partial charge is 0.306 e. The Morgan fingerprint density at radius 1 is 1.19 bits per heavy atom. The van der Waals surface area contributed by atoms with Crippen LogP contribution in [0.3, 0.4) is 0 Å². The first kappa shape index (κ1) is 13.8. The fraction of sp³-hybridized carbons (Fsp3) is 0.0667. The van der Waals surface area contributed by atoms with Crippen molar-refractivity contribution in [2.45, 2.75) is 6.92 Å². The third kappa shape index (κ3) is 2.21. The number of nitrogens with one attached hydrogen (secondary N) is 1. The van der Waals surface area contributed by atoms with Crippen molar-refractivity contribution in [3.8, 4) is 5.69 Å². The van der Waals surface area contributed by atoms with E-state index in [0.717, 1.165) is 20.7 Å². The Kier molecular flexibility index (Phi) is 3.25. The molecule has 6 heteroatoms. The van der Waals surface area contributed by atoms with Gasteiger partial charge in [0, 0.05) is 4.47 Å². The monoisotopic (exact) mass is 348 g/mol. The molecule has 0 saturated heterocycles. The first-order valence-electron chi connectivity index (χ1n) is 6.19. The third-order valence-electron chi connectivity index (χ3n) is 3.34. The Bertz CT molecular complexity index is 976. The van der Waals surface area contributed by atoms with Crippen LogP contribution in [0.4, 0.5) is 4.39 Å². The molecule has 1 heterocycles. The molecule has 4 nitrogen and oxygen atoms in total. The number of halogens is 2. The highest BCUT2D eigenvalue weighted by Crippen LogP contribution is 2.21. The van der Waals surface area contributed by atoms with Crippen molar-refractivity contribution in [3.63, 3.8) is 0 Å². The van der Waals surface area contributed by atoms with E-state index in [1.807, 2.05) is 6.07 Å². The van der Waals surface area contributed by atoms with Crippen molar-refractivity contribution in [2.24, 2.45) is 0 Å². The average molecular weight is 349 g/mol. The highest BCUT2D eigenvalue weighted by atomic mass is 79.9. The lowest BCUT2D eigenvalue weighted by Crippen LogP contribution is -2.34. The quantitative estimate of drug-likeness (QED) is 0.735. The second-order valence-corrected chi connectivity index (χ2v) is 5.50. The number of hydrogen-bond donors (Lipinski definition) is 1. The van der Waals surface area contributed by atoms with Crippen LogP contribution < -0.4 is 11.2 Å². The number of aromatic nitrogens is 2. The molecule has 0 spiro atoms. The molecule has 1 aromatic heterocycles. The molecule has 3 rings (SSSR count). The lowest BCUT2D eigenvalue weighted by Gasteiger charge is -2.10. The van der Waals surface area contributed by atoms with Crippen LogP contribution >= 0.6 is 15.9 Å². The highest BCUT2D eigenvalue weighted by molar-refractivity contribution is 9.10. The van der Waals surface area contributed by atoms with Crippen molar-refractivity contribution < 1.29 is 4.39 Å². The molecule has 3 aromatic rings. The second-order valence-electron chi connectivity index (χ2n) is 4.64. The molecule has 0 amide bonds. The maximum absolute atomic E-state index is 13.2. The Labute approximate surface area is 127 Å². The van der Waals surface area contributed by atoms with Gasteiger partial charge in [-0.2, -0.15) is 0 Å². The molecule has 0 aliphatic rings. The lowest BCUT2D eigenvalue weighted by molar-refractivity contribution is 0.629. The van der Waals surface area contributed by atoms with Crippen molar-refractivity contribution in [1.29, 1.82) is 0 Å². The largest absolute Gasteiger partial charge is 0.333 e. The van der Waals surface area contributed by atoms with Gasteiger partial charge >= 0.3 is 5.69 Å². The normalized spacial score (nSPS) is 11.0. The van der Waals surface area contributed by atoms with Gasteiger partial charge in [-0.1, -0.05) is 22.0 Å². The first-order chi connectivity index (χ1) is 9.99. The summed E-state index contributed by atoms with van der Waals surface area (Å²) < 4.78 is 15.1. The van der Waals surface area contributed by atoms with Crippen molar-refractivity contribution in [1.82, 2.24) is 9.55 Å². The zero-order valence-corrected chi connectivity index (χ0v) is 12.6. The van der Waals surface area contributed by atoms with Gasteiger partial charge in [0.2, 0.25) is 0 Å². The predicted molar refractivity (Wildman–Crippen MR) is 82.6 cm³/mol. The molecule has 1 N–H and O–H groups in total. The van der Waals surface area contributed by atoms with Gasteiger partial charge in [-0.3, -0.25) is 4.79 Å². The number of rotatable bonds is 1. The molecule has 106 valence electrons. The minimum absolute atomic E-state index is 0.189. The molecule has 0 radical (unpaired) electrons. The summed E-state index contributed by atoms with van der Waals surface area (Å²) in [5, 5.41) is 0.260. The summed E-state index contributed by atoms with van der Waals surface area (Å²) in [5.74, 6) is -0.506. The van der Waals surface area contributed by atoms with Crippen LogP contribution in [0.1, 0.15) is 5.56 Å². The van der Waals surface area contributed by atoms with Gasteiger partial charge in [-0.15, -0.1) is 0 Å². The summed E-state index contributed by atoms with van der Waals surface area (Å²) in [5.41, 5.74) is 0.372. The Hall–Kier alpha value is -2.21. The zero-order chi connectivity index (χ0) is 15.1. The van der Waals surface area contributed by atoms with Gasteiger partial charge in [0.1, 0.15) is 5.82 Å². The number of fused-ring (bicyclic) bond motifs is 1. The summed E-state index contributed by atoms with van der Waals surface area (Å²) >= 11 is 3.37. The summed E-state index contributed by atoms with van der Waals surface area (Å²) in [7, 11) is 0. The van der Waals surface area contributed by atoms with Gasteiger partial charge < -0.3 is 4.98 Å². The average Bonchev–Trinajstić information content (AvgIpc) is 2.43. The number of benzene rings is 2. The van der Waals surface area contributed by atoms with Crippen molar-refractivity contribution >= 4 is 26.8 Å². The molecule has 0 bridgehead atoms. The van der Waals surface area contributed by atoms with Gasteiger partial charge in [0.15, 0.2) is 0 Å². The van der Waals surface area contributed by atoms with Crippen LogP contribution in [-0.4, -0.2) is 9.55 Å². The van der Waals surface area contributed by atoms with E-state index in [9.17, 15) is 14.0 Å². The molecular weight excluding hydrogens is 339 g/mol. The van der Waals surface area contributed by atoms with E-state index in [1.54, 1.807) is 19.1 Å². The van der Waals surface area contributed by atoms with E-state index in [-0.39, 0.29) is 10.9 Å². The van der Waals surface area contributed by atoms with E-state index in [2.05, 4.69) is 20.9 Å². The minimum Gasteiger partial charge on any atom is -0.306 e. The second kappa shape index (κ2) is 4.96. The summed E-state index contributed by atoms with van der Waals surface area (Å²) in [4.78, 5) is 27.3. The van der Waals surface area contributed by atoms with Crippen LogP contribution in [0.25, 0.3) is 16.6 Å². The summed E-state index contributed by atoms with van der Waals surface area (Å²) in [6.45, 7) is 1.81. The van der Waals surface area contributed by atoms with E-state index in [0.29, 0.717) is 5.69 Å². The van der Waals surface area contributed by atoms with Gasteiger partial charge in [0.25, 0.3) is 5.56 Å². The lowest BCUT2D eigenvalue weighted by atomic mass is 10.2. The molecule has 2 aromatic carbocycles. The predicted octanol–water partition coefficient (Wildman–Crippen LogP) is 2.89. The SMILES string of the molecule is Cc1c(Br)cccc1-n1c(=O)[nH]c2cc(F)ccc2c1=O. The summed E-state index contributed by atoms with van der Waals surface area (Å²) in [6, 6.07) is 8.96. The number of nitrogens with zero attached hydrogens (tertiary/aromatic N) is 1. The Morgan fingerprint density at radius 2 is 1.95 bits per heavy atom. The van der Waals surface area contributed by atoms with Crippen molar-refractivity contribution in [2.75, 3.05) is 0 Å². The molecule has 0 aliphatic heterocycles. The molecular formula is C15H10BrFN2O2. The molecule has 0 aliphatic carbocycles. The zero-order valence-electron chi connectivity index (χ0n) is 11.0. The molecule has 0 fully saturated rings. The van der Waals surface area contributed by atoms with E-state index in [4.69, 9.17) is 0 Å².